The lowest BCUT2D eigenvalue weighted by molar-refractivity contribution is -0.143. The summed E-state index contributed by atoms with van der Waals surface area (Å²) in [6.45, 7) is 11.1. The van der Waals surface area contributed by atoms with Crippen molar-refractivity contribution in [3.05, 3.63) is 35.4 Å². The van der Waals surface area contributed by atoms with Crippen molar-refractivity contribution in [3.63, 3.8) is 0 Å². The number of alkyl carbamates (subject to hydrolysis) is 1. The molecule has 2 atom stereocenters. The van der Waals surface area contributed by atoms with E-state index in [-0.39, 0.29) is 25.0 Å². The summed E-state index contributed by atoms with van der Waals surface area (Å²) in [5.74, 6) is 1.77. The van der Waals surface area contributed by atoms with E-state index >= 15 is 0 Å². The Labute approximate surface area is 209 Å². The molecule has 8 heteroatoms. The maximum Gasteiger partial charge on any atom is 0.408 e. The van der Waals surface area contributed by atoms with E-state index in [0.29, 0.717) is 24.1 Å². The van der Waals surface area contributed by atoms with Crippen molar-refractivity contribution in [1.82, 2.24) is 15.5 Å². The lowest BCUT2D eigenvalue weighted by atomic mass is 9.98. The number of aliphatic hydroxyl groups is 1. The highest BCUT2D eigenvalue weighted by molar-refractivity contribution is 5.92. The molecule has 1 rings (SSSR count). The fraction of sp³-hybridized carbons (Fsp3) is 0.593. The quantitative estimate of drug-likeness (QED) is 0.309. The highest BCUT2D eigenvalue weighted by Gasteiger charge is 2.36. The number of carbonyl (C=O) groups is 3. The Morgan fingerprint density at radius 1 is 1.17 bits per heavy atom. The molecule has 3 amide bonds. The molecular weight excluding hydrogens is 446 g/mol. The first-order chi connectivity index (χ1) is 16.4. The number of aliphatic hydroxyl groups excluding tert-OH is 1. The van der Waals surface area contributed by atoms with Crippen molar-refractivity contribution >= 4 is 17.9 Å². The van der Waals surface area contributed by atoms with Crippen molar-refractivity contribution in [2.24, 2.45) is 5.92 Å². The number of ether oxygens (including phenoxy) is 1. The van der Waals surface area contributed by atoms with Crippen LogP contribution in [0.4, 0.5) is 4.79 Å². The molecule has 0 aliphatic rings. The molecule has 0 aliphatic heterocycles. The number of rotatable bonds is 12. The number of benzene rings is 1. The van der Waals surface area contributed by atoms with Crippen LogP contribution >= 0.6 is 0 Å². The van der Waals surface area contributed by atoms with Crippen molar-refractivity contribution < 1.29 is 24.2 Å². The summed E-state index contributed by atoms with van der Waals surface area (Å²) in [5.41, 5.74) is 0.462. The van der Waals surface area contributed by atoms with Crippen molar-refractivity contribution in [2.45, 2.75) is 78.5 Å². The molecule has 1 aromatic carbocycles. The first-order valence-corrected chi connectivity index (χ1v) is 12.2. The molecule has 0 saturated carbocycles. The third-order valence-electron chi connectivity index (χ3n) is 5.10. The molecule has 0 radical (unpaired) electrons. The van der Waals surface area contributed by atoms with E-state index in [1.54, 1.807) is 45.0 Å². The average molecular weight is 488 g/mol. The lowest BCUT2D eigenvalue weighted by Gasteiger charge is -2.34. The van der Waals surface area contributed by atoms with Gasteiger partial charge in [0, 0.05) is 18.7 Å². The van der Waals surface area contributed by atoms with Crippen LogP contribution in [-0.4, -0.2) is 59.3 Å². The molecule has 2 unspecified atom stereocenters. The summed E-state index contributed by atoms with van der Waals surface area (Å²) >= 11 is 0. The topological polar surface area (TPSA) is 108 Å². The van der Waals surface area contributed by atoms with Gasteiger partial charge in [0.1, 0.15) is 17.7 Å². The SMILES string of the molecule is C#Cc1ccc(C(C(=O)NCCCC)N(CCO)C(=O)C(CC(C)C)NC(=O)OC(C)(C)C)cc1. The van der Waals surface area contributed by atoms with Crippen molar-refractivity contribution in [3.8, 4) is 12.3 Å². The molecule has 0 heterocycles. The van der Waals surface area contributed by atoms with Gasteiger partial charge in [-0.05, 0) is 57.2 Å². The van der Waals surface area contributed by atoms with Gasteiger partial charge in [0.2, 0.25) is 11.8 Å². The first-order valence-electron chi connectivity index (χ1n) is 12.2. The summed E-state index contributed by atoms with van der Waals surface area (Å²) in [4.78, 5) is 40.9. The van der Waals surface area contributed by atoms with Gasteiger partial charge in [-0.2, -0.15) is 0 Å². The summed E-state index contributed by atoms with van der Waals surface area (Å²) in [6, 6.07) is 4.87. The molecule has 194 valence electrons. The Kier molecular flexibility index (Phi) is 12.3. The van der Waals surface area contributed by atoms with Gasteiger partial charge in [-0.25, -0.2) is 4.79 Å². The maximum absolute atomic E-state index is 13.8. The molecule has 3 N–H and O–H groups in total. The van der Waals surface area contributed by atoms with Gasteiger partial charge in [-0.3, -0.25) is 9.59 Å². The second kappa shape index (κ2) is 14.4. The predicted octanol–water partition coefficient (Wildman–Crippen LogP) is 3.39. The average Bonchev–Trinajstić information content (AvgIpc) is 2.77. The minimum Gasteiger partial charge on any atom is -0.444 e. The van der Waals surface area contributed by atoms with E-state index in [4.69, 9.17) is 11.2 Å². The molecule has 0 aromatic heterocycles. The summed E-state index contributed by atoms with van der Waals surface area (Å²) in [5, 5.41) is 15.4. The number of hydrogen-bond donors (Lipinski definition) is 3. The molecule has 1 aromatic rings. The number of hydrogen-bond acceptors (Lipinski definition) is 5. The number of nitrogens with zero attached hydrogens (tertiary/aromatic N) is 1. The fourth-order valence-electron chi connectivity index (χ4n) is 3.54. The molecule has 0 fully saturated rings. The Bertz CT molecular complexity index is 868. The standard InChI is InChI=1S/C27H41N3O5/c1-8-10-15-28-24(32)23(21-13-11-20(9-2)12-14-21)30(16-17-31)25(33)22(18-19(3)4)29-26(34)35-27(5,6)7/h2,11-14,19,22-23,31H,8,10,15-18H2,1,3-7H3,(H,28,32)(H,29,34). The molecule has 0 bridgehead atoms. The largest absolute Gasteiger partial charge is 0.444 e. The van der Waals surface area contributed by atoms with Crippen molar-refractivity contribution in [1.29, 1.82) is 0 Å². The second-order valence-corrected chi connectivity index (χ2v) is 9.90. The second-order valence-electron chi connectivity index (χ2n) is 9.90. The predicted molar refractivity (Wildman–Crippen MR) is 136 cm³/mol. The first kappa shape index (κ1) is 30.0. The van der Waals surface area contributed by atoms with Gasteiger partial charge in [0.25, 0.3) is 0 Å². The Hall–Kier alpha value is -3.05. The molecule has 35 heavy (non-hydrogen) atoms. The Balaban J connectivity index is 3.39. The molecule has 8 nitrogen and oxygen atoms in total. The third-order valence-corrected chi connectivity index (χ3v) is 5.10. The number of amides is 3. The van der Waals surface area contributed by atoms with Crippen LogP contribution in [0.2, 0.25) is 0 Å². The summed E-state index contributed by atoms with van der Waals surface area (Å²) < 4.78 is 5.35. The van der Waals surface area contributed by atoms with Crippen LogP contribution in [0.5, 0.6) is 0 Å². The molecule has 0 spiro atoms. The van der Waals surface area contributed by atoms with E-state index < -0.39 is 29.7 Å². The highest BCUT2D eigenvalue weighted by Crippen LogP contribution is 2.24. The molecule has 0 aliphatic carbocycles. The minimum absolute atomic E-state index is 0.0709. The van der Waals surface area contributed by atoms with E-state index in [9.17, 15) is 19.5 Å². The zero-order valence-electron chi connectivity index (χ0n) is 21.9. The number of carbonyl (C=O) groups excluding carboxylic acids is 3. The number of terminal acetylenes is 1. The van der Waals surface area contributed by atoms with Gasteiger partial charge in [-0.15, -0.1) is 6.42 Å². The van der Waals surface area contributed by atoms with Crippen molar-refractivity contribution in [2.75, 3.05) is 19.7 Å². The van der Waals surface area contributed by atoms with Crippen LogP contribution in [0.25, 0.3) is 0 Å². The highest BCUT2D eigenvalue weighted by atomic mass is 16.6. The smallest absolute Gasteiger partial charge is 0.408 e. The Morgan fingerprint density at radius 2 is 1.80 bits per heavy atom. The molecular formula is C27H41N3O5. The van der Waals surface area contributed by atoms with Crippen LogP contribution < -0.4 is 10.6 Å². The van der Waals surface area contributed by atoms with Crippen LogP contribution in [0.1, 0.15) is 78.0 Å². The Morgan fingerprint density at radius 3 is 2.29 bits per heavy atom. The zero-order valence-corrected chi connectivity index (χ0v) is 21.9. The van der Waals surface area contributed by atoms with E-state index in [1.807, 2.05) is 20.8 Å². The normalized spacial score (nSPS) is 12.9. The monoisotopic (exact) mass is 487 g/mol. The molecule has 0 saturated heterocycles. The van der Waals surface area contributed by atoms with Crippen LogP contribution in [0, 0.1) is 18.3 Å². The third kappa shape index (κ3) is 10.4. The number of unbranched alkanes of at least 4 members (excludes halogenated alkanes) is 1. The fourth-order valence-corrected chi connectivity index (χ4v) is 3.54. The van der Waals surface area contributed by atoms with Crippen LogP contribution in [0.3, 0.4) is 0 Å². The van der Waals surface area contributed by atoms with Gasteiger partial charge in [0.15, 0.2) is 0 Å². The van der Waals surface area contributed by atoms with Gasteiger partial charge < -0.3 is 25.4 Å². The van der Waals surface area contributed by atoms with Gasteiger partial charge in [-0.1, -0.05) is 45.2 Å². The summed E-state index contributed by atoms with van der Waals surface area (Å²) in [7, 11) is 0. The van der Waals surface area contributed by atoms with Crippen LogP contribution in [-0.2, 0) is 14.3 Å². The van der Waals surface area contributed by atoms with Gasteiger partial charge >= 0.3 is 6.09 Å². The van der Waals surface area contributed by atoms with E-state index in [0.717, 1.165) is 12.8 Å². The summed E-state index contributed by atoms with van der Waals surface area (Å²) in [6.07, 6.45) is 6.77. The van der Waals surface area contributed by atoms with E-state index in [2.05, 4.69) is 16.6 Å². The van der Waals surface area contributed by atoms with Crippen LogP contribution in [0.15, 0.2) is 24.3 Å². The van der Waals surface area contributed by atoms with E-state index in [1.165, 1.54) is 4.90 Å². The zero-order chi connectivity index (χ0) is 26.6. The maximum atomic E-state index is 13.8. The lowest BCUT2D eigenvalue weighted by Crippen LogP contribution is -2.54. The number of nitrogens with one attached hydrogen (secondary N) is 2. The van der Waals surface area contributed by atoms with Gasteiger partial charge in [0.05, 0.1) is 6.61 Å². The minimum atomic E-state index is -1.01.